The molecule has 0 saturated heterocycles. The van der Waals surface area contributed by atoms with Crippen molar-refractivity contribution in [2.45, 2.75) is 25.0 Å². The molecular formula is C12H14N4O2S. The number of nitrogens with zero attached hydrogens (tertiary/aromatic N) is 4. The molecule has 0 saturated carbocycles. The summed E-state index contributed by atoms with van der Waals surface area (Å²) in [4.78, 5) is 23.0. The summed E-state index contributed by atoms with van der Waals surface area (Å²) >= 11 is 1.22. The molecule has 0 amide bonds. The second kappa shape index (κ2) is 6.33. The Balaban J connectivity index is 2.21. The SMILES string of the molecule is CCc1cnc(SCC(=O)O)n1Cc1ccncn1. The lowest BCUT2D eigenvalue weighted by atomic mass is 10.3. The van der Waals surface area contributed by atoms with Gasteiger partial charge in [0.15, 0.2) is 5.16 Å². The van der Waals surface area contributed by atoms with Crippen molar-refractivity contribution in [3.63, 3.8) is 0 Å². The fraction of sp³-hybridized carbons (Fsp3) is 0.333. The van der Waals surface area contributed by atoms with Gasteiger partial charge in [0.2, 0.25) is 0 Å². The first-order valence-electron chi connectivity index (χ1n) is 5.84. The largest absolute Gasteiger partial charge is 0.481 e. The molecule has 1 N–H and O–H groups in total. The van der Waals surface area contributed by atoms with Crippen molar-refractivity contribution in [2.75, 3.05) is 5.75 Å². The quantitative estimate of drug-likeness (QED) is 0.806. The van der Waals surface area contributed by atoms with E-state index in [2.05, 4.69) is 15.0 Å². The minimum atomic E-state index is -0.848. The maximum absolute atomic E-state index is 10.6. The molecule has 2 aromatic heterocycles. The number of thioether (sulfide) groups is 1. The Bertz CT molecular complexity index is 556. The van der Waals surface area contributed by atoms with Crippen molar-refractivity contribution >= 4 is 17.7 Å². The number of hydrogen-bond donors (Lipinski definition) is 1. The molecule has 2 aromatic rings. The average molecular weight is 278 g/mol. The van der Waals surface area contributed by atoms with Crippen molar-refractivity contribution in [1.29, 1.82) is 0 Å². The van der Waals surface area contributed by atoms with E-state index >= 15 is 0 Å². The highest BCUT2D eigenvalue weighted by Gasteiger charge is 2.11. The maximum atomic E-state index is 10.6. The van der Waals surface area contributed by atoms with Gasteiger partial charge in [0.25, 0.3) is 0 Å². The van der Waals surface area contributed by atoms with Crippen LogP contribution in [-0.4, -0.2) is 36.3 Å². The zero-order valence-electron chi connectivity index (χ0n) is 10.5. The van der Waals surface area contributed by atoms with E-state index in [-0.39, 0.29) is 5.75 Å². The Labute approximate surface area is 114 Å². The fourth-order valence-corrected chi connectivity index (χ4v) is 2.38. The number of rotatable bonds is 6. The number of aromatic nitrogens is 4. The molecular weight excluding hydrogens is 264 g/mol. The number of carboxylic acid groups (broad SMARTS) is 1. The van der Waals surface area contributed by atoms with Gasteiger partial charge in [-0.05, 0) is 12.5 Å². The molecule has 2 heterocycles. The van der Waals surface area contributed by atoms with Crippen LogP contribution in [0.2, 0.25) is 0 Å². The Morgan fingerprint density at radius 2 is 2.32 bits per heavy atom. The molecule has 2 rings (SSSR count). The molecule has 0 bridgehead atoms. The highest BCUT2D eigenvalue weighted by molar-refractivity contribution is 7.99. The highest BCUT2D eigenvalue weighted by atomic mass is 32.2. The first kappa shape index (κ1) is 13.5. The van der Waals surface area contributed by atoms with Gasteiger partial charge in [-0.15, -0.1) is 0 Å². The summed E-state index contributed by atoms with van der Waals surface area (Å²) in [5, 5.41) is 9.45. The minimum absolute atomic E-state index is 0.00391. The minimum Gasteiger partial charge on any atom is -0.481 e. The summed E-state index contributed by atoms with van der Waals surface area (Å²) in [7, 11) is 0. The number of carboxylic acids is 1. The van der Waals surface area contributed by atoms with Crippen LogP contribution in [0.1, 0.15) is 18.3 Å². The fourth-order valence-electron chi connectivity index (χ4n) is 1.66. The van der Waals surface area contributed by atoms with Gasteiger partial charge in [0, 0.05) is 18.1 Å². The molecule has 0 atom stereocenters. The van der Waals surface area contributed by atoms with Crippen LogP contribution in [0.5, 0.6) is 0 Å². The Morgan fingerprint density at radius 3 is 2.95 bits per heavy atom. The monoisotopic (exact) mass is 278 g/mol. The maximum Gasteiger partial charge on any atom is 0.313 e. The first-order valence-corrected chi connectivity index (χ1v) is 6.83. The lowest BCUT2D eigenvalue weighted by Crippen LogP contribution is -2.08. The van der Waals surface area contributed by atoms with Crippen molar-refractivity contribution < 1.29 is 9.90 Å². The lowest BCUT2D eigenvalue weighted by Gasteiger charge is -2.09. The van der Waals surface area contributed by atoms with Crippen LogP contribution in [0.25, 0.3) is 0 Å². The number of aliphatic carboxylic acids is 1. The molecule has 7 heteroatoms. The van der Waals surface area contributed by atoms with Crippen LogP contribution >= 0.6 is 11.8 Å². The van der Waals surface area contributed by atoms with Crippen LogP contribution in [0.15, 0.2) is 29.9 Å². The molecule has 0 fully saturated rings. The van der Waals surface area contributed by atoms with Crippen LogP contribution in [0, 0.1) is 0 Å². The van der Waals surface area contributed by atoms with Gasteiger partial charge in [0.1, 0.15) is 6.33 Å². The van der Waals surface area contributed by atoms with Crippen LogP contribution in [0.3, 0.4) is 0 Å². The normalized spacial score (nSPS) is 10.6. The number of hydrogen-bond acceptors (Lipinski definition) is 5. The van der Waals surface area contributed by atoms with Gasteiger partial charge in [-0.1, -0.05) is 18.7 Å². The summed E-state index contributed by atoms with van der Waals surface area (Å²) in [5.41, 5.74) is 1.94. The predicted molar refractivity (Wildman–Crippen MR) is 71.1 cm³/mol. The van der Waals surface area contributed by atoms with E-state index in [0.717, 1.165) is 17.8 Å². The van der Waals surface area contributed by atoms with E-state index in [0.29, 0.717) is 11.7 Å². The third-order valence-electron chi connectivity index (χ3n) is 2.55. The van der Waals surface area contributed by atoms with Crippen LogP contribution in [-0.2, 0) is 17.8 Å². The predicted octanol–water partition coefficient (Wildman–Crippen LogP) is 1.46. The molecule has 0 aliphatic heterocycles. The van der Waals surface area contributed by atoms with E-state index in [9.17, 15) is 4.79 Å². The molecule has 0 unspecified atom stereocenters. The summed E-state index contributed by atoms with van der Waals surface area (Å²) in [6.07, 6.45) is 5.81. The van der Waals surface area contributed by atoms with Crippen molar-refractivity contribution in [3.8, 4) is 0 Å². The van der Waals surface area contributed by atoms with Crippen LogP contribution < -0.4 is 0 Å². The Hall–Kier alpha value is -1.89. The number of imidazole rings is 1. The molecule has 6 nitrogen and oxygen atoms in total. The summed E-state index contributed by atoms with van der Waals surface area (Å²) < 4.78 is 2.00. The van der Waals surface area contributed by atoms with Gasteiger partial charge in [0.05, 0.1) is 18.0 Å². The van der Waals surface area contributed by atoms with Crippen LogP contribution in [0.4, 0.5) is 0 Å². The average Bonchev–Trinajstić information content (AvgIpc) is 2.80. The van der Waals surface area contributed by atoms with E-state index in [1.165, 1.54) is 18.1 Å². The third kappa shape index (κ3) is 3.54. The summed E-state index contributed by atoms with van der Waals surface area (Å²) in [6.45, 7) is 2.62. The van der Waals surface area contributed by atoms with Gasteiger partial charge in [-0.2, -0.15) is 0 Å². The molecule has 100 valence electrons. The zero-order chi connectivity index (χ0) is 13.7. The number of carbonyl (C=O) groups is 1. The van der Waals surface area contributed by atoms with Crippen molar-refractivity contribution in [2.24, 2.45) is 0 Å². The molecule has 0 radical (unpaired) electrons. The Kier molecular flexibility index (Phi) is 4.51. The third-order valence-corrected chi connectivity index (χ3v) is 3.53. The second-order valence-electron chi connectivity index (χ2n) is 3.85. The first-order chi connectivity index (χ1) is 9.20. The van der Waals surface area contributed by atoms with Gasteiger partial charge >= 0.3 is 5.97 Å². The standard InChI is InChI=1S/C12H14N4O2S/c1-2-10-5-14-12(19-7-11(17)18)16(10)6-9-3-4-13-8-15-9/h3-5,8H,2,6-7H2,1H3,(H,17,18). The lowest BCUT2D eigenvalue weighted by molar-refractivity contribution is -0.133. The number of aryl methyl sites for hydroxylation is 1. The van der Waals surface area contributed by atoms with Gasteiger partial charge < -0.3 is 9.67 Å². The van der Waals surface area contributed by atoms with E-state index in [1.807, 2.05) is 17.6 Å². The van der Waals surface area contributed by atoms with Crippen molar-refractivity contribution in [3.05, 3.63) is 36.2 Å². The molecule has 0 aliphatic carbocycles. The van der Waals surface area contributed by atoms with Crippen molar-refractivity contribution in [1.82, 2.24) is 19.5 Å². The van der Waals surface area contributed by atoms with E-state index in [4.69, 9.17) is 5.11 Å². The summed E-state index contributed by atoms with van der Waals surface area (Å²) in [6, 6.07) is 1.84. The zero-order valence-corrected chi connectivity index (χ0v) is 11.3. The highest BCUT2D eigenvalue weighted by Crippen LogP contribution is 2.20. The second-order valence-corrected chi connectivity index (χ2v) is 4.80. The smallest absolute Gasteiger partial charge is 0.313 e. The van der Waals surface area contributed by atoms with E-state index < -0.39 is 5.97 Å². The summed E-state index contributed by atoms with van der Waals surface area (Å²) in [5.74, 6) is -0.844. The van der Waals surface area contributed by atoms with E-state index in [1.54, 1.807) is 12.4 Å². The topological polar surface area (TPSA) is 80.9 Å². The molecule has 0 aromatic carbocycles. The van der Waals surface area contributed by atoms with Gasteiger partial charge in [-0.3, -0.25) is 4.79 Å². The Morgan fingerprint density at radius 1 is 1.47 bits per heavy atom. The molecule has 0 spiro atoms. The van der Waals surface area contributed by atoms with Gasteiger partial charge in [-0.25, -0.2) is 15.0 Å². The molecule has 19 heavy (non-hydrogen) atoms. The molecule has 0 aliphatic rings.